The first-order chi connectivity index (χ1) is 15.5. The van der Waals surface area contributed by atoms with Crippen molar-refractivity contribution in [1.82, 2.24) is 5.09 Å². The second-order valence-corrected chi connectivity index (χ2v) is 10.4. The molecule has 2 atom stereocenters. The Balaban J connectivity index is 2.24. The van der Waals surface area contributed by atoms with Crippen molar-refractivity contribution in [3.63, 3.8) is 0 Å². The van der Waals surface area contributed by atoms with Crippen LogP contribution < -0.4 is 5.09 Å². The molecule has 0 aliphatic rings. The van der Waals surface area contributed by atoms with Crippen LogP contribution in [0.2, 0.25) is 0 Å². The van der Waals surface area contributed by atoms with E-state index in [4.69, 9.17) is 14.0 Å². The fraction of sp³-hybridized carbons (Fsp3) is 0.429. The summed E-state index contributed by atoms with van der Waals surface area (Å²) in [7, 11) is -4.16. The molecule has 0 bridgehead atoms. The largest absolute Gasteiger partial charge is 0.465 e. The Morgan fingerprint density at radius 3 is 2.64 bits per heavy atom. The van der Waals surface area contributed by atoms with Crippen LogP contribution in [0.15, 0.2) is 36.9 Å². The number of thiophene rings is 1. The monoisotopic (exact) mass is 507 g/mol. The first kappa shape index (κ1) is 27.0. The van der Waals surface area contributed by atoms with E-state index in [1.54, 1.807) is 31.2 Å². The third-order valence-corrected chi connectivity index (χ3v) is 7.34. The summed E-state index contributed by atoms with van der Waals surface area (Å²) >= 11 is 1.18. The number of carbonyl (C=O) groups is 2. The number of fused-ring (bicyclic) bond motifs is 1. The zero-order valence-electron chi connectivity index (χ0n) is 18.1. The van der Waals surface area contributed by atoms with Gasteiger partial charge in [0.25, 0.3) is 7.52 Å². The van der Waals surface area contributed by atoms with Gasteiger partial charge in [-0.3, -0.25) is 9.36 Å². The van der Waals surface area contributed by atoms with Crippen LogP contribution >= 0.6 is 18.9 Å². The summed E-state index contributed by atoms with van der Waals surface area (Å²) in [4.78, 5) is 24.4. The molecular formula is C21H25F3NO6PS. The highest BCUT2D eigenvalue weighted by Crippen LogP contribution is 2.48. The summed E-state index contributed by atoms with van der Waals surface area (Å²) in [5.41, 5.74) is 0.401. The molecule has 1 heterocycles. The number of carbonyl (C=O) groups excluding carboxylic acids is 2. The fourth-order valence-corrected chi connectivity index (χ4v) is 5.64. The normalized spacial score (nSPS) is 14.5. The van der Waals surface area contributed by atoms with Crippen molar-refractivity contribution in [2.45, 2.75) is 38.6 Å². The molecule has 0 saturated carbocycles. The molecule has 7 nitrogen and oxygen atoms in total. The first-order valence-corrected chi connectivity index (χ1v) is 12.6. The number of hydrogen-bond donors (Lipinski definition) is 1. The summed E-state index contributed by atoms with van der Waals surface area (Å²) in [5, 5.41) is 3.02. The molecule has 0 radical (unpaired) electrons. The first-order valence-electron chi connectivity index (χ1n) is 10.0. The average molecular weight is 507 g/mol. The molecule has 1 aromatic heterocycles. The van der Waals surface area contributed by atoms with Gasteiger partial charge in [0, 0.05) is 4.70 Å². The average Bonchev–Trinajstić information content (AvgIpc) is 3.17. The van der Waals surface area contributed by atoms with Crippen molar-refractivity contribution < 1.29 is 41.3 Å². The van der Waals surface area contributed by atoms with Crippen molar-refractivity contribution in [1.29, 1.82) is 0 Å². The highest BCUT2D eigenvalue weighted by Gasteiger charge is 2.36. The number of hydrogen-bond acceptors (Lipinski definition) is 7. The van der Waals surface area contributed by atoms with Crippen LogP contribution in [-0.2, 0) is 29.5 Å². The summed E-state index contributed by atoms with van der Waals surface area (Å²) in [5.74, 6) is -1.28. The molecule has 0 spiro atoms. The Hall–Kier alpha value is -2.20. The van der Waals surface area contributed by atoms with E-state index in [0.717, 1.165) is 4.70 Å². The number of ether oxygens (including phenoxy) is 2. The van der Waals surface area contributed by atoms with E-state index in [0.29, 0.717) is 22.2 Å². The predicted molar refractivity (Wildman–Crippen MR) is 119 cm³/mol. The number of alkyl halides is 3. The molecule has 12 heteroatoms. The standard InChI is InChI=1S/C21H25F3NO6PS/c1-4-8-29-19(26)14(3)25-32(28,31-13-21(22,23)24)12-15-6-7-17-16(10-15)11-18(33-17)20(27)30-9-5-2/h5-7,10-11,14H,2,4,8-9,12-13H2,1,3H3,(H,25,28). The maximum Gasteiger partial charge on any atom is 0.412 e. The zero-order chi connectivity index (χ0) is 24.6. The summed E-state index contributed by atoms with van der Waals surface area (Å²) in [6, 6.07) is 5.26. The van der Waals surface area contributed by atoms with Crippen LogP contribution in [0.5, 0.6) is 0 Å². The molecular weight excluding hydrogens is 482 g/mol. The number of benzene rings is 1. The van der Waals surface area contributed by atoms with Gasteiger partial charge in [-0.25, -0.2) is 9.88 Å². The molecule has 2 unspecified atom stereocenters. The number of rotatable bonds is 12. The molecule has 33 heavy (non-hydrogen) atoms. The van der Waals surface area contributed by atoms with Crippen LogP contribution in [0.3, 0.4) is 0 Å². The zero-order valence-corrected chi connectivity index (χ0v) is 19.9. The van der Waals surface area contributed by atoms with Gasteiger partial charge in [-0.05, 0) is 42.5 Å². The minimum absolute atomic E-state index is 0.0581. The van der Waals surface area contributed by atoms with Gasteiger partial charge in [-0.1, -0.05) is 25.6 Å². The number of nitrogens with one attached hydrogen (secondary N) is 1. The minimum atomic E-state index is -4.71. The molecule has 1 aromatic carbocycles. The number of esters is 2. The van der Waals surface area contributed by atoms with Crippen LogP contribution in [0.25, 0.3) is 10.1 Å². The van der Waals surface area contributed by atoms with Gasteiger partial charge in [0.2, 0.25) is 0 Å². The molecule has 0 aliphatic heterocycles. The summed E-state index contributed by atoms with van der Waals surface area (Å²) in [6.45, 7) is 5.04. The van der Waals surface area contributed by atoms with E-state index < -0.39 is 44.4 Å². The molecule has 0 fully saturated rings. The lowest BCUT2D eigenvalue weighted by Crippen LogP contribution is -2.35. The maximum absolute atomic E-state index is 13.3. The maximum atomic E-state index is 13.3. The SMILES string of the molecule is C=CCOC(=O)c1cc2cc(CP(=O)(NC(C)C(=O)OCCC)OCC(F)(F)F)ccc2s1. The quantitative estimate of drug-likeness (QED) is 0.232. The molecule has 2 aromatic rings. The third-order valence-electron chi connectivity index (χ3n) is 4.13. The van der Waals surface area contributed by atoms with E-state index in [-0.39, 0.29) is 13.2 Å². The number of halogens is 3. The van der Waals surface area contributed by atoms with E-state index >= 15 is 0 Å². The van der Waals surface area contributed by atoms with Gasteiger partial charge < -0.3 is 14.0 Å². The molecule has 1 N–H and O–H groups in total. The van der Waals surface area contributed by atoms with Crippen LogP contribution in [0.4, 0.5) is 13.2 Å². The topological polar surface area (TPSA) is 90.9 Å². The Labute approximate surface area is 193 Å². The Morgan fingerprint density at radius 1 is 1.27 bits per heavy atom. The van der Waals surface area contributed by atoms with Gasteiger partial charge in [0.15, 0.2) is 6.61 Å². The third kappa shape index (κ3) is 8.58. The van der Waals surface area contributed by atoms with Gasteiger partial charge in [-0.15, -0.1) is 11.3 Å². The van der Waals surface area contributed by atoms with Crippen molar-refractivity contribution in [2.75, 3.05) is 19.8 Å². The predicted octanol–water partition coefficient (Wildman–Crippen LogP) is 5.45. The Kier molecular flexibility index (Phi) is 9.66. The van der Waals surface area contributed by atoms with E-state index in [1.807, 2.05) is 0 Å². The van der Waals surface area contributed by atoms with Crippen molar-refractivity contribution >= 4 is 40.9 Å². The van der Waals surface area contributed by atoms with Crippen LogP contribution in [-0.4, -0.2) is 44.0 Å². The van der Waals surface area contributed by atoms with E-state index in [2.05, 4.69) is 11.7 Å². The van der Waals surface area contributed by atoms with Crippen LogP contribution in [0, 0.1) is 0 Å². The molecule has 0 saturated heterocycles. The van der Waals surface area contributed by atoms with Gasteiger partial charge >= 0.3 is 18.1 Å². The molecule has 2 rings (SSSR count). The fourth-order valence-electron chi connectivity index (χ4n) is 2.72. The van der Waals surface area contributed by atoms with Gasteiger partial charge in [0.1, 0.15) is 17.5 Å². The lowest BCUT2D eigenvalue weighted by Gasteiger charge is -2.23. The molecule has 0 amide bonds. The van der Waals surface area contributed by atoms with E-state index in [1.165, 1.54) is 24.3 Å². The highest BCUT2D eigenvalue weighted by atomic mass is 32.1. The Bertz CT molecular complexity index is 1040. The van der Waals surface area contributed by atoms with Crippen molar-refractivity contribution in [2.24, 2.45) is 0 Å². The van der Waals surface area contributed by atoms with E-state index in [9.17, 15) is 27.3 Å². The van der Waals surface area contributed by atoms with Crippen molar-refractivity contribution in [3.05, 3.63) is 47.4 Å². The summed E-state index contributed by atoms with van der Waals surface area (Å²) < 4.78 is 67.0. The van der Waals surface area contributed by atoms with Gasteiger partial charge in [0.05, 0.1) is 12.8 Å². The molecule has 0 aliphatic carbocycles. The second-order valence-electron chi connectivity index (χ2n) is 7.11. The molecule has 182 valence electrons. The Morgan fingerprint density at radius 2 is 2.00 bits per heavy atom. The van der Waals surface area contributed by atoms with Crippen LogP contribution in [0.1, 0.15) is 35.5 Å². The highest BCUT2D eigenvalue weighted by molar-refractivity contribution is 7.56. The lowest BCUT2D eigenvalue weighted by molar-refractivity contribution is -0.153. The second kappa shape index (κ2) is 11.8. The lowest BCUT2D eigenvalue weighted by atomic mass is 10.2. The van der Waals surface area contributed by atoms with Gasteiger partial charge in [-0.2, -0.15) is 13.2 Å². The summed E-state index contributed by atoms with van der Waals surface area (Å²) in [6.07, 6.45) is -3.11. The smallest absolute Gasteiger partial charge is 0.412 e. The van der Waals surface area contributed by atoms with Crippen molar-refractivity contribution in [3.8, 4) is 0 Å². The minimum Gasteiger partial charge on any atom is -0.465 e.